The van der Waals surface area contributed by atoms with E-state index in [1.165, 1.54) is 25.8 Å². The van der Waals surface area contributed by atoms with Crippen molar-refractivity contribution in [3.05, 3.63) is 24.0 Å². The van der Waals surface area contributed by atoms with Crippen LogP contribution in [0.1, 0.15) is 45.0 Å². The minimum Gasteiger partial charge on any atom is -0.497 e. The third kappa shape index (κ3) is 2.40. The molecule has 1 aromatic carbocycles. The predicted molar refractivity (Wildman–Crippen MR) is 81.1 cm³/mol. The third-order valence-corrected chi connectivity index (χ3v) is 4.45. The van der Waals surface area contributed by atoms with E-state index in [-0.39, 0.29) is 0 Å². The normalized spacial score (nSPS) is 22.1. The molecule has 1 aliphatic heterocycles. The van der Waals surface area contributed by atoms with Crippen LogP contribution in [0.5, 0.6) is 5.75 Å². The van der Waals surface area contributed by atoms with Gasteiger partial charge in [-0.2, -0.15) is 0 Å². The molecular weight excluding hydrogens is 250 g/mol. The van der Waals surface area contributed by atoms with Crippen LogP contribution in [0.15, 0.2) is 18.2 Å². The quantitative estimate of drug-likeness (QED) is 0.930. The van der Waals surface area contributed by atoms with Gasteiger partial charge in [0.1, 0.15) is 11.6 Å². The largest absolute Gasteiger partial charge is 0.497 e. The summed E-state index contributed by atoms with van der Waals surface area (Å²) in [4.78, 5) is 10.8. The summed E-state index contributed by atoms with van der Waals surface area (Å²) < 4.78 is 5.27. The molecule has 2 unspecified atom stereocenters. The van der Waals surface area contributed by atoms with E-state index < -0.39 is 0 Å². The number of hydrogen-bond acceptors (Lipinski definition) is 3. The summed E-state index contributed by atoms with van der Waals surface area (Å²) in [6, 6.07) is 6.96. The summed E-state index contributed by atoms with van der Waals surface area (Å²) >= 11 is 0. The minimum atomic E-state index is 0.337. The predicted octanol–water partition coefficient (Wildman–Crippen LogP) is 3.51. The lowest BCUT2D eigenvalue weighted by Crippen LogP contribution is -2.39. The molecular formula is C16H23N3O. The lowest BCUT2D eigenvalue weighted by Gasteiger charge is -2.37. The number of likely N-dealkylation sites (tertiary alicyclic amines) is 1. The summed E-state index contributed by atoms with van der Waals surface area (Å²) in [5, 5.41) is 0. The van der Waals surface area contributed by atoms with Crippen LogP contribution in [-0.2, 0) is 0 Å². The molecule has 0 aliphatic carbocycles. The van der Waals surface area contributed by atoms with Crippen molar-refractivity contribution in [3.8, 4) is 5.75 Å². The Hall–Kier alpha value is -1.55. The summed E-state index contributed by atoms with van der Waals surface area (Å²) in [6.07, 6.45) is 3.93. The van der Waals surface area contributed by atoms with Gasteiger partial charge in [0.05, 0.1) is 24.2 Å². The van der Waals surface area contributed by atoms with E-state index in [0.717, 1.165) is 22.6 Å². The first-order valence-corrected chi connectivity index (χ1v) is 7.48. The molecule has 2 heterocycles. The maximum Gasteiger partial charge on any atom is 0.124 e. The number of nitrogens with one attached hydrogen (secondary N) is 1. The zero-order chi connectivity index (χ0) is 14.1. The smallest absolute Gasteiger partial charge is 0.124 e. The van der Waals surface area contributed by atoms with Crippen LogP contribution in [-0.4, -0.2) is 34.6 Å². The van der Waals surface area contributed by atoms with E-state index >= 15 is 0 Å². The van der Waals surface area contributed by atoms with E-state index in [0.29, 0.717) is 12.1 Å². The van der Waals surface area contributed by atoms with Crippen molar-refractivity contribution >= 4 is 11.0 Å². The van der Waals surface area contributed by atoms with Gasteiger partial charge in [0, 0.05) is 12.1 Å². The number of fused-ring (bicyclic) bond motifs is 1. The van der Waals surface area contributed by atoms with E-state index in [2.05, 4.69) is 23.7 Å². The minimum absolute atomic E-state index is 0.337. The lowest BCUT2D eigenvalue weighted by atomic mass is 10.0. The maximum atomic E-state index is 5.27. The van der Waals surface area contributed by atoms with Crippen molar-refractivity contribution < 1.29 is 4.74 Å². The molecule has 4 nitrogen and oxygen atoms in total. The molecule has 0 spiro atoms. The topological polar surface area (TPSA) is 41.1 Å². The molecule has 2 aromatic rings. The first-order valence-electron chi connectivity index (χ1n) is 7.48. The number of aromatic nitrogens is 2. The summed E-state index contributed by atoms with van der Waals surface area (Å²) in [5.74, 6) is 1.92. The number of imidazole rings is 1. The van der Waals surface area contributed by atoms with Crippen molar-refractivity contribution in [3.63, 3.8) is 0 Å². The first kappa shape index (κ1) is 13.4. The van der Waals surface area contributed by atoms with Crippen molar-refractivity contribution in [1.29, 1.82) is 0 Å². The van der Waals surface area contributed by atoms with Gasteiger partial charge in [-0.3, -0.25) is 4.90 Å². The highest BCUT2D eigenvalue weighted by Gasteiger charge is 2.25. The highest BCUT2D eigenvalue weighted by Crippen LogP contribution is 2.28. The van der Waals surface area contributed by atoms with Gasteiger partial charge >= 0.3 is 0 Å². The first-order chi connectivity index (χ1) is 9.69. The molecule has 1 fully saturated rings. The maximum absolute atomic E-state index is 5.27. The Morgan fingerprint density at radius 3 is 3.00 bits per heavy atom. The Kier molecular flexibility index (Phi) is 3.66. The monoisotopic (exact) mass is 273 g/mol. The highest BCUT2D eigenvalue weighted by atomic mass is 16.5. The second-order valence-corrected chi connectivity index (χ2v) is 5.76. The fourth-order valence-corrected chi connectivity index (χ4v) is 3.19. The van der Waals surface area contributed by atoms with E-state index in [4.69, 9.17) is 9.72 Å². The average Bonchev–Trinajstić information content (AvgIpc) is 2.89. The van der Waals surface area contributed by atoms with Crippen molar-refractivity contribution in [1.82, 2.24) is 14.9 Å². The average molecular weight is 273 g/mol. The molecule has 0 radical (unpaired) electrons. The van der Waals surface area contributed by atoms with Gasteiger partial charge in [0.25, 0.3) is 0 Å². The number of H-pyrrole nitrogens is 1. The number of aromatic amines is 1. The molecule has 0 amide bonds. The van der Waals surface area contributed by atoms with Gasteiger partial charge in [-0.05, 0) is 45.4 Å². The van der Waals surface area contributed by atoms with Crippen LogP contribution in [0.2, 0.25) is 0 Å². The summed E-state index contributed by atoms with van der Waals surface area (Å²) in [7, 11) is 1.69. The van der Waals surface area contributed by atoms with E-state index in [9.17, 15) is 0 Å². The molecule has 2 atom stereocenters. The Morgan fingerprint density at radius 1 is 1.40 bits per heavy atom. The summed E-state index contributed by atoms with van der Waals surface area (Å²) in [6.45, 7) is 5.74. The zero-order valence-electron chi connectivity index (χ0n) is 12.5. The number of piperidine rings is 1. The van der Waals surface area contributed by atoms with Crippen molar-refractivity contribution in [2.45, 2.75) is 45.2 Å². The Labute approximate surface area is 120 Å². The Bertz CT molecular complexity index is 592. The van der Waals surface area contributed by atoms with Crippen molar-refractivity contribution in [2.75, 3.05) is 13.7 Å². The third-order valence-electron chi connectivity index (χ3n) is 4.45. The number of rotatable bonds is 3. The molecule has 4 heteroatoms. The highest BCUT2D eigenvalue weighted by molar-refractivity contribution is 5.76. The second-order valence-electron chi connectivity index (χ2n) is 5.76. The molecule has 3 rings (SSSR count). The molecule has 20 heavy (non-hydrogen) atoms. The van der Waals surface area contributed by atoms with Crippen LogP contribution < -0.4 is 4.74 Å². The van der Waals surface area contributed by atoms with E-state index in [1.54, 1.807) is 7.11 Å². The molecule has 0 bridgehead atoms. The van der Waals surface area contributed by atoms with Crippen LogP contribution in [0.25, 0.3) is 11.0 Å². The number of benzene rings is 1. The number of methoxy groups -OCH3 is 1. The van der Waals surface area contributed by atoms with Crippen LogP contribution in [0, 0.1) is 0 Å². The number of nitrogens with zero attached hydrogens (tertiary/aromatic N) is 2. The fraction of sp³-hybridized carbons (Fsp3) is 0.562. The molecule has 1 aromatic heterocycles. The van der Waals surface area contributed by atoms with Crippen LogP contribution >= 0.6 is 0 Å². The molecule has 108 valence electrons. The number of ether oxygens (including phenoxy) is 1. The van der Waals surface area contributed by atoms with Gasteiger partial charge < -0.3 is 9.72 Å². The zero-order valence-corrected chi connectivity index (χ0v) is 12.5. The molecule has 1 aliphatic rings. The van der Waals surface area contributed by atoms with Gasteiger partial charge in [0.15, 0.2) is 0 Å². The van der Waals surface area contributed by atoms with Gasteiger partial charge in [-0.25, -0.2) is 4.98 Å². The van der Waals surface area contributed by atoms with Gasteiger partial charge in [0.2, 0.25) is 0 Å². The lowest BCUT2D eigenvalue weighted by molar-refractivity contribution is 0.110. The fourth-order valence-electron chi connectivity index (χ4n) is 3.19. The molecule has 0 saturated carbocycles. The molecule has 1 saturated heterocycles. The van der Waals surface area contributed by atoms with Gasteiger partial charge in [-0.1, -0.05) is 6.42 Å². The SMILES string of the molecule is COc1ccc2nc(C(C)N3CCCCC3C)[nH]c2c1. The summed E-state index contributed by atoms with van der Waals surface area (Å²) in [5.41, 5.74) is 2.06. The van der Waals surface area contributed by atoms with Crippen LogP contribution in [0.3, 0.4) is 0 Å². The Morgan fingerprint density at radius 2 is 2.25 bits per heavy atom. The van der Waals surface area contributed by atoms with Crippen molar-refractivity contribution in [2.24, 2.45) is 0 Å². The van der Waals surface area contributed by atoms with Crippen LogP contribution in [0.4, 0.5) is 0 Å². The molecule has 1 N–H and O–H groups in total. The standard InChI is InChI=1S/C16H23N3O/c1-11-6-4-5-9-19(11)12(2)16-17-14-8-7-13(20-3)10-15(14)18-16/h7-8,10-12H,4-6,9H2,1-3H3,(H,17,18). The Balaban J connectivity index is 1.89. The van der Waals surface area contributed by atoms with E-state index in [1.807, 2.05) is 18.2 Å². The second kappa shape index (κ2) is 5.44. The van der Waals surface area contributed by atoms with Gasteiger partial charge in [-0.15, -0.1) is 0 Å². The number of hydrogen-bond donors (Lipinski definition) is 1.